The fourth-order valence-corrected chi connectivity index (χ4v) is 7.60. The highest BCUT2D eigenvalue weighted by Gasteiger charge is 2.35. The summed E-state index contributed by atoms with van der Waals surface area (Å²) in [6.45, 7) is 2.27. The van der Waals surface area contributed by atoms with Crippen LogP contribution in [0.1, 0.15) is 35.2 Å². The minimum Gasteiger partial charge on any atom is -0.487 e. The molecule has 4 aromatic carbocycles. The molecule has 226 valence electrons. The van der Waals surface area contributed by atoms with Crippen molar-refractivity contribution in [2.45, 2.75) is 19.6 Å². The van der Waals surface area contributed by atoms with Crippen molar-refractivity contribution in [3.05, 3.63) is 159 Å². The second-order valence-electron chi connectivity index (χ2n) is 10.1. The molecular formula is C35H25Br2ClN2O4S. The molecule has 6 rings (SSSR count). The zero-order valence-corrected chi connectivity index (χ0v) is 28.6. The Balaban J connectivity index is 1.57. The van der Waals surface area contributed by atoms with Gasteiger partial charge in [-0.15, -0.1) is 0 Å². The van der Waals surface area contributed by atoms with Crippen LogP contribution < -0.4 is 19.6 Å². The van der Waals surface area contributed by atoms with E-state index in [0.29, 0.717) is 43.5 Å². The second-order valence-corrected chi connectivity index (χ2v) is 13.3. The van der Waals surface area contributed by atoms with Gasteiger partial charge in [0, 0.05) is 20.6 Å². The number of rotatable bonds is 8. The first kappa shape index (κ1) is 31.2. The number of hydrogen-bond donors (Lipinski definition) is 0. The molecule has 0 saturated heterocycles. The lowest BCUT2D eigenvalue weighted by Crippen LogP contribution is -2.40. The average molecular weight is 765 g/mol. The van der Waals surface area contributed by atoms with Crippen LogP contribution in [0.4, 0.5) is 0 Å². The molecule has 0 N–H and O–H groups in total. The number of carbonyl (C=O) groups is 1. The molecule has 0 radical (unpaired) electrons. The number of nitrogens with zero attached hydrogens (tertiary/aromatic N) is 2. The summed E-state index contributed by atoms with van der Waals surface area (Å²) in [4.78, 5) is 33.3. The number of ether oxygens (including phenoxy) is 2. The van der Waals surface area contributed by atoms with Crippen molar-refractivity contribution in [3.63, 3.8) is 0 Å². The van der Waals surface area contributed by atoms with E-state index < -0.39 is 12.0 Å². The van der Waals surface area contributed by atoms with Gasteiger partial charge in [-0.1, -0.05) is 112 Å². The third-order valence-corrected chi connectivity index (χ3v) is 9.39. The van der Waals surface area contributed by atoms with Gasteiger partial charge in [-0.25, -0.2) is 9.79 Å². The third-order valence-electron chi connectivity index (χ3n) is 7.11. The minimum atomic E-state index is -0.794. The van der Waals surface area contributed by atoms with E-state index in [-0.39, 0.29) is 17.7 Å². The van der Waals surface area contributed by atoms with Crippen molar-refractivity contribution in [2.24, 2.45) is 4.99 Å². The van der Waals surface area contributed by atoms with Gasteiger partial charge in [0.05, 0.1) is 32.9 Å². The van der Waals surface area contributed by atoms with Crippen LogP contribution in [0.5, 0.6) is 5.75 Å². The molecule has 1 aromatic heterocycles. The van der Waals surface area contributed by atoms with Gasteiger partial charge in [-0.05, 0) is 64.3 Å². The number of carbonyl (C=O) groups excluding carboxylic acids is 1. The fourth-order valence-electron chi connectivity index (χ4n) is 5.11. The van der Waals surface area contributed by atoms with Crippen molar-refractivity contribution >= 4 is 72.5 Å². The highest BCUT2D eigenvalue weighted by atomic mass is 79.9. The van der Waals surface area contributed by atoms with Crippen LogP contribution in [0.25, 0.3) is 11.8 Å². The summed E-state index contributed by atoms with van der Waals surface area (Å²) in [6, 6.07) is 29.4. The van der Waals surface area contributed by atoms with E-state index in [0.717, 1.165) is 20.1 Å². The van der Waals surface area contributed by atoms with Crippen LogP contribution in [-0.4, -0.2) is 17.1 Å². The van der Waals surface area contributed by atoms with Crippen molar-refractivity contribution in [1.82, 2.24) is 4.57 Å². The molecule has 1 atom stereocenters. The topological polar surface area (TPSA) is 69.9 Å². The van der Waals surface area contributed by atoms with Gasteiger partial charge in [-0.2, -0.15) is 0 Å². The zero-order chi connectivity index (χ0) is 31.5. The molecule has 0 fully saturated rings. The van der Waals surface area contributed by atoms with Crippen molar-refractivity contribution in [1.29, 1.82) is 0 Å². The van der Waals surface area contributed by atoms with E-state index in [2.05, 4.69) is 31.9 Å². The van der Waals surface area contributed by atoms with Gasteiger partial charge in [0.2, 0.25) is 0 Å². The lowest BCUT2D eigenvalue weighted by atomic mass is 9.93. The third kappa shape index (κ3) is 6.63. The Labute approximate surface area is 285 Å². The Morgan fingerprint density at radius 3 is 2.38 bits per heavy atom. The molecule has 6 nitrogen and oxygen atoms in total. The minimum absolute atomic E-state index is 0.172. The number of fused-ring (bicyclic) bond motifs is 1. The summed E-state index contributed by atoms with van der Waals surface area (Å²) >= 11 is 14.7. The Morgan fingerprint density at radius 2 is 1.69 bits per heavy atom. The van der Waals surface area contributed by atoms with Gasteiger partial charge in [0.25, 0.3) is 5.56 Å². The molecule has 2 heterocycles. The Morgan fingerprint density at radius 1 is 1.00 bits per heavy atom. The van der Waals surface area contributed by atoms with E-state index in [1.165, 1.54) is 11.3 Å². The van der Waals surface area contributed by atoms with Crippen LogP contribution >= 0.6 is 54.8 Å². The number of thiazole rings is 1. The van der Waals surface area contributed by atoms with E-state index in [4.69, 9.17) is 26.1 Å². The van der Waals surface area contributed by atoms with Gasteiger partial charge in [0.1, 0.15) is 12.4 Å². The summed E-state index contributed by atoms with van der Waals surface area (Å²) in [6.07, 6.45) is 1.80. The van der Waals surface area contributed by atoms with Gasteiger partial charge >= 0.3 is 5.97 Å². The number of esters is 1. The normalized spacial score (nSPS) is 14.6. The zero-order valence-electron chi connectivity index (χ0n) is 23.9. The predicted octanol–water partition coefficient (Wildman–Crippen LogP) is 7.69. The average Bonchev–Trinajstić information content (AvgIpc) is 3.35. The molecule has 0 aliphatic carbocycles. The SMILES string of the molecule is CCOC(=O)C1=C(c2ccccc2)N=c2s/c(=C\c3cc(Br)cc(Br)c3OCc3ccccc3)c(=O)n2[C@H]1c1ccc(Cl)cc1. The van der Waals surface area contributed by atoms with E-state index in [1.54, 1.807) is 29.7 Å². The van der Waals surface area contributed by atoms with Gasteiger partial charge in [0.15, 0.2) is 4.80 Å². The van der Waals surface area contributed by atoms with Crippen LogP contribution in [-0.2, 0) is 16.1 Å². The molecule has 0 saturated carbocycles. The van der Waals surface area contributed by atoms with Crippen molar-refractivity contribution in [3.8, 4) is 5.75 Å². The monoisotopic (exact) mass is 762 g/mol. The highest BCUT2D eigenvalue weighted by Crippen LogP contribution is 2.36. The molecule has 0 amide bonds. The molecule has 10 heteroatoms. The van der Waals surface area contributed by atoms with E-state index in [9.17, 15) is 9.59 Å². The molecule has 1 aliphatic heterocycles. The maximum Gasteiger partial charge on any atom is 0.338 e. The molecule has 0 bridgehead atoms. The quantitative estimate of drug-likeness (QED) is 0.152. The van der Waals surface area contributed by atoms with Crippen molar-refractivity contribution in [2.75, 3.05) is 6.61 Å². The first-order valence-electron chi connectivity index (χ1n) is 14.0. The standard InChI is InChI=1S/C35H25Br2ClN2O4S/c1-2-43-34(42)29-30(22-11-7-4-8-12-22)39-35-40(31(29)23-13-15-26(38)16-14-23)33(41)28(45-35)18-24-17-25(36)19-27(37)32(24)44-20-21-9-5-3-6-10-21/h3-19,31H,2,20H2,1H3/b28-18-/t31-/m0/s1. The van der Waals surface area contributed by atoms with E-state index >= 15 is 0 Å². The maximum atomic E-state index is 14.3. The van der Waals surface area contributed by atoms with Gasteiger partial charge in [-0.3, -0.25) is 9.36 Å². The van der Waals surface area contributed by atoms with Crippen LogP contribution in [0.3, 0.4) is 0 Å². The van der Waals surface area contributed by atoms with Crippen LogP contribution in [0, 0.1) is 0 Å². The first-order chi connectivity index (χ1) is 21.8. The Hall–Kier alpha value is -3.76. The van der Waals surface area contributed by atoms with Gasteiger partial charge < -0.3 is 9.47 Å². The summed E-state index contributed by atoms with van der Waals surface area (Å²) in [5, 5.41) is 0.541. The van der Waals surface area contributed by atoms with E-state index in [1.807, 2.05) is 84.9 Å². The molecular weight excluding hydrogens is 740 g/mol. The smallest absolute Gasteiger partial charge is 0.338 e. The summed E-state index contributed by atoms with van der Waals surface area (Å²) in [5.41, 5.74) is 3.60. The predicted molar refractivity (Wildman–Crippen MR) is 185 cm³/mol. The number of benzene rings is 4. The van der Waals surface area contributed by atoms with Crippen LogP contribution in [0.15, 0.2) is 121 Å². The molecule has 5 aromatic rings. The second kappa shape index (κ2) is 13.7. The lowest BCUT2D eigenvalue weighted by molar-refractivity contribution is -0.138. The number of hydrogen-bond acceptors (Lipinski definition) is 6. The number of halogens is 3. The number of aromatic nitrogens is 1. The Kier molecular flexibility index (Phi) is 9.51. The highest BCUT2D eigenvalue weighted by molar-refractivity contribution is 9.11. The molecule has 1 aliphatic rings. The maximum absolute atomic E-state index is 14.3. The van der Waals surface area contributed by atoms with Crippen LogP contribution in [0.2, 0.25) is 5.02 Å². The summed E-state index contributed by atoms with van der Waals surface area (Å²) < 4.78 is 15.4. The fraction of sp³-hybridized carbons (Fsp3) is 0.114. The summed E-state index contributed by atoms with van der Waals surface area (Å²) in [5.74, 6) is 0.0566. The Bertz CT molecular complexity index is 2090. The molecule has 45 heavy (non-hydrogen) atoms. The summed E-state index contributed by atoms with van der Waals surface area (Å²) in [7, 11) is 0. The van der Waals surface area contributed by atoms with Crippen molar-refractivity contribution < 1.29 is 14.3 Å². The first-order valence-corrected chi connectivity index (χ1v) is 16.8. The molecule has 0 unspecified atom stereocenters. The lowest BCUT2D eigenvalue weighted by Gasteiger charge is -2.26. The molecule has 0 spiro atoms. The largest absolute Gasteiger partial charge is 0.487 e.